The predicted octanol–water partition coefficient (Wildman–Crippen LogP) is 2.21. The fraction of sp³-hybridized carbons (Fsp3) is 1.00. The summed E-state index contributed by atoms with van der Waals surface area (Å²) in [5.41, 5.74) is -0.0769. The van der Waals surface area contributed by atoms with Crippen LogP contribution in [0, 0.1) is 0 Å². The van der Waals surface area contributed by atoms with Gasteiger partial charge in [-0.3, -0.25) is 0 Å². The Morgan fingerprint density at radius 2 is 1.93 bits per heavy atom. The van der Waals surface area contributed by atoms with E-state index < -0.39 is 0 Å². The zero-order chi connectivity index (χ0) is 11.7. The van der Waals surface area contributed by atoms with E-state index in [1.54, 1.807) is 0 Å². The fourth-order valence-corrected chi connectivity index (χ4v) is 1.44. The van der Waals surface area contributed by atoms with Gasteiger partial charge in [-0.05, 0) is 33.7 Å². The molecule has 0 saturated carbocycles. The Bertz CT molecular complexity index is 153. The van der Waals surface area contributed by atoms with Crippen LogP contribution in [0.15, 0.2) is 0 Å². The molecule has 0 bridgehead atoms. The lowest BCUT2D eigenvalue weighted by molar-refractivity contribution is -0.102. The molecule has 92 valence electrons. The number of hydrogen-bond acceptors (Lipinski definition) is 3. The Kier molecular flexibility index (Phi) is 8.02. The van der Waals surface area contributed by atoms with E-state index in [0.29, 0.717) is 6.61 Å². The lowest BCUT2D eigenvalue weighted by Gasteiger charge is -2.32. The Hall–Kier alpha value is -0.120. The predicted molar refractivity (Wildman–Crippen MR) is 64.3 cm³/mol. The number of likely N-dealkylation sites (N-methyl/N-ethyl adjacent to an activating group) is 1. The van der Waals surface area contributed by atoms with Crippen molar-refractivity contribution >= 4 is 0 Å². The summed E-state index contributed by atoms with van der Waals surface area (Å²) in [5, 5.41) is 3.34. The molecule has 2 atom stereocenters. The van der Waals surface area contributed by atoms with Gasteiger partial charge in [-0.25, -0.2) is 0 Å². The molecular formula is C12H27NO2. The first-order chi connectivity index (χ1) is 7.08. The number of rotatable bonds is 9. The Balaban J connectivity index is 3.93. The van der Waals surface area contributed by atoms with Crippen LogP contribution in [0.5, 0.6) is 0 Å². The lowest BCUT2D eigenvalue weighted by atomic mass is 10.0. The summed E-state index contributed by atoms with van der Waals surface area (Å²) in [6, 6.07) is 0. The summed E-state index contributed by atoms with van der Waals surface area (Å²) in [4.78, 5) is 0. The van der Waals surface area contributed by atoms with Crippen LogP contribution < -0.4 is 5.32 Å². The van der Waals surface area contributed by atoms with E-state index in [1.165, 1.54) is 0 Å². The minimum absolute atomic E-state index is 0.0769. The number of nitrogens with one attached hydrogen (secondary N) is 1. The van der Waals surface area contributed by atoms with Crippen LogP contribution >= 0.6 is 0 Å². The normalized spacial score (nSPS) is 17.4. The minimum Gasteiger partial charge on any atom is -0.379 e. The first kappa shape index (κ1) is 14.9. The van der Waals surface area contributed by atoms with Crippen molar-refractivity contribution < 1.29 is 9.47 Å². The second-order valence-electron chi connectivity index (χ2n) is 4.17. The van der Waals surface area contributed by atoms with Gasteiger partial charge in [0.1, 0.15) is 0 Å². The monoisotopic (exact) mass is 217 g/mol. The van der Waals surface area contributed by atoms with Crippen LogP contribution in [0.25, 0.3) is 0 Å². The molecule has 0 aromatic carbocycles. The molecule has 0 radical (unpaired) electrons. The Morgan fingerprint density at radius 1 is 1.27 bits per heavy atom. The van der Waals surface area contributed by atoms with Gasteiger partial charge in [0.05, 0.1) is 18.3 Å². The maximum atomic E-state index is 6.00. The maximum absolute atomic E-state index is 6.00. The van der Waals surface area contributed by atoms with E-state index in [4.69, 9.17) is 9.47 Å². The van der Waals surface area contributed by atoms with Crippen molar-refractivity contribution in [2.24, 2.45) is 0 Å². The highest BCUT2D eigenvalue weighted by atomic mass is 16.5. The third-order valence-electron chi connectivity index (χ3n) is 2.54. The SMILES string of the molecule is CCNCC(C)(CC)OC(C)COCC. The van der Waals surface area contributed by atoms with Crippen molar-refractivity contribution in [1.82, 2.24) is 5.32 Å². The average molecular weight is 217 g/mol. The van der Waals surface area contributed by atoms with Gasteiger partial charge in [0.25, 0.3) is 0 Å². The largest absolute Gasteiger partial charge is 0.379 e. The molecule has 2 unspecified atom stereocenters. The van der Waals surface area contributed by atoms with Gasteiger partial charge in [-0.15, -0.1) is 0 Å². The van der Waals surface area contributed by atoms with Crippen molar-refractivity contribution in [2.45, 2.75) is 52.7 Å². The van der Waals surface area contributed by atoms with Gasteiger partial charge in [0.2, 0.25) is 0 Å². The van der Waals surface area contributed by atoms with Crippen molar-refractivity contribution in [3.63, 3.8) is 0 Å². The van der Waals surface area contributed by atoms with Crippen LogP contribution in [-0.2, 0) is 9.47 Å². The summed E-state index contributed by atoms with van der Waals surface area (Å²) in [6.07, 6.45) is 1.17. The van der Waals surface area contributed by atoms with E-state index in [2.05, 4.69) is 33.0 Å². The molecule has 3 heteroatoms. The van der Waals surface area contributed by atoms with Gasteiger partial charge >= 0.3 is 0 Å². The lowest BCUT2D eigenvalue weighted by Crippen LogP contribution is -2.43. The van der Waals surface area contributed by atoms with Crippen LogP contribution in [-0.4, -0.2) is 38.0 Å². The summed E-state index contributed by atoms with van der Waals surface area (Å²) in [7, 11) is 0. The number of hydrogen-bond donors (Lipinski definition) is 1. The zero-order valence-electron chi connectivity index (χ0n) is 10.9. The molecule has 0 aliphatic carbocycles. The van der Waals surface area contributed by atoms with Gasteiger partial charge in [0, 0.05) is 13.2 Å². The van der Waals surface area contributed by atoms with Gasteiger partial charge in [0.15, 0.2) is 0 Å². The third-order valence-corrected chi connectivity index (χ3v) is 2.54. The molecule has 0 aliphatic heterocycles. The summed E-state index contributed by atoms with van der Waals surface area (Å²) in [5.74, 6) is 0. The fourth-order valence-electron chi connectivity index (χ4n) is 1.44. The van der Waals surface area contributed by atoms with Crippen molar-refractivity contribution in [3.05, 3.63) is 0 Å². The summed E-state index contributed by atoms with van der Waals surface area (Å²) < 4.78 is 11.3. The van der Waals surface area contributed by atoms with E-state index in [-0.39, 0.29) is 11.7 Å². The van der Waals surface area contributed by atoms with Crippen LogP contribution in [0.4, 0.5) is 0 Å². The van der Waals surface area contributed by atoms with Crippen LogP contribution in [0.3, 0.4) is 0 Å². The van der Waals surface area contributed by atoms with E-state index in [0.717, 1.165) is 26.1 Å². The molecule has 0 rings (SSSR count). The smallest absolute Gasteiger partial charge is 0.0788 e. The topological polar surface area (TPSA) is 30.5 Å². The van der Waals surface area contributed by atoms with Gasteiger partial charge < -0.3 is 14.8 Å². The zero-order valence-corrected chi connectivity index (χ0v) is 10.9. The minimum atomic E-state index is -0.0769. The molecular weight excluding hydrogens is 190 g/mol. The highest BCUT2D eigenvalue weighted by molar-refractivity contribution is 4.77. The second kappa shape index (κ2) is 8.08. The molecule has 3 nitrogen and oxygen atoms in total. The molecule has 0 aromatic rings. The van der Waals surface area contributed by atoms with Crippen LogP contribution in [0.1, 0.15) is 41.0 Å². The van der Waals surface area contributed by atoms with Crippen molar-refractivity contribution in [1.29, 1.82) is 0 Å². The van der Waals surface area contributed by atoms with E-state index >= 15 is 0 Å². The second-order valence-corrected chi connectivity index (χ2v) is 4.17. The highest BCUT2D eigenvalue weighted by Gasteiger charge is 2.24. The first-order valence-corrected chi connectivity index (χ1v) is 6.04. The first-order valence-electron chi connectivity index (χ1n) is 6.04. The highest BCUT2D eigenvalue weighted by Crippen LogP contribution is 2.16. The van der Waals surface area contributed by atoms with Crippen molar-refractivity contribution in [3.8, 4) is 0 Å². The molecule has 0 fully saturated rings. The summed E-state index contributed by atoms with van der Waals surface area (Å²) >= 11 is 0. The quantitative estimate of drug-likeness (QED) is 0.642. The van der Waals surface area contributed by atoms with E-state index in [9.17, 15) is 0 Å². The Labute approximate surface area is 94.5 Å². The molecule has 0 saturated heterocycles. The van der Waals surface area contributed by atoms with Crippen LogP contribution in [0.2, 0.25) is 0 Å². The molecule has 0 aliphatic rings. The number of ether oxygens (including phenoxy) is 2. The molecule has 0 amide bonds. The standard InChI is InChI=1S/C12H27NO2/c1-6-12(5,10-13-7-2)15-11(4)9-14-8-3/h11,13H,6-10H2,1-5H3. The van der Waals surface area contributed by atoms with E-state index in [1.807, 2.05) is 6.92 Å². The molecule has 15 heavy (non-hydrogen) atoms. The molecule has 0 aromatic heterocycles. The van der Waals surface area contributed by atoms with Crippen molar-refractivity contribution in [2.75, 3.05) is 26.3 Å². The average Bonchev–Trinajstić information content (AvgIpc) is 2.23. The molecule has 0 spiro atoms. The maximum Gasteiger partial charge on any atom is 0.0788 e. The van der Waals surface area contributed by atoms with Gasteiger partial charge in [-0.2, -0.15) is 0 Å². The molecule has 1 N–H and O–H groups in total. The molecule has 0 heterocycles. The summed E-state index contributed by atoms with van der Waals surface area (Å²) in [6.45, 7) is 13.8. The van der Waals surface area contributed by atoms with Gasteiger partial charge in [-0.1, -0.05) is 13.8 Å². The third kappa shape index (κ3) is 6.88. The Morgan fingerprint density at radius 3 is 2.40 bits per heavy atom.